The highest BCUT2D eigenvalue weighted by atomic mass is 16.7. The number of nitrogens with zero attached hydrogens (tertiary/aromatic N) is 5. The lowest BCUT2D eigenvalue weighted by atomic mass is 9.55. The molecule has 1 fully saturated rings. The van der Waals surface area contributed by atoms with Crippen molar-refractivity contribution in [3.63, 3.8) is 0 Å². The minimum Gasteiger partial charge on any atom is -0.490 e. The zero-order chi connectivity index (χ0) is 42.8. The monoisotopic (exact) mass is 829 g/mol. The highest BCUT2D eigenvalue weighted by Gasteiger charge is 2.65. The molecule has 3 aliphatic rings. The minimum atomic E-state index is -1.65. The number of aliphatic hydroxyl groups excluding tert-OH is 2. The van der Waals surface area contributed by atoms with E-state index in [0.717, 1.165) is 31.1 Å². The maximum atomic E-state index is 13.6. The number of non-ortho nitro benzene ring substituents is 1. The third-order valence-corrected chi connectivity index (χ3v) is 11.3. The molecular formula is C43H51N5O12. The zero-order valence-electron chi connectivity index (χ0n) is 33.8. The van der Waals surface area contributed by atoms with Crippen LogP contribution in [0.25, 0.3) is 0 Å². The molecule has 2 heterocycles. The van der Waals surface area contributed by atoms with E-state index < -0.39 is 34.6 Å². The van der Waals surface area contributed by atoms with Gasteiger partial charge in [-0.25, -0.2) is 14.3 Å². The van der Waals surface area contributed by atoms with Crippen LogP contribution in [0, 0.1) is 27.9 Å². The first kappa shape index (κ1) is 43.7. The van der Waals surface area contributed by atoms with Gasteiger partial charge in [0, 0.05) is 43.2 Å². The number of ether oxygens (including phenoxy) is 5. The Morgan fingerprint density at radius 1 is 1.02 bits per heavy atom. The van der Waals surface area contributed by atoms with Gasteiger partial charge >= 0.3 is 11.9 Å². The molecule has 17 heteroatoms. The van der Waals surface area contributed by atoms with E-state index in [0.29, 0.717) is 48.5 Å². The summed E-state index contributed by atoms with van der Waals surface area (Å²) in [6.45, 7) is 8.06. The molecule has 320 valence electrons. The molecule has 6 unspecified atom stereocenters. The average molecular weight is 830 g/mol. The number of esters is 2. The lowest BCUT2D eigenvalue weighted by Gasteiger charge is -2.58. The second kappa shape index (κ2) is 19.9. The Balaban J connectivity index is 1.61. The standard InChI is InChI=1S/C43H51N5O12/c1-5-21-57-30-17-18-35-33(24-30)37-31(12-8-10-20-50)28(11-7-9-19-49)23-32-34(45-59-26-27-13-15-29(16-14-27)48(53)54)25-36(43(60-35,38(32)37)58-22-6-2)47-40(42(52)56-4)39(44-46-47)41(51)55-3/h5-6,13-18,23-24,28,31,36-38,49-50H,1-2,7-12,19-22,25-26H2,3-4H3. The summed E-state index contributed by atoms with van der Waals surface area (Å²) in [5.41, 5.74) is 2.01. The third-order valence-electron chi connectivity index (χ3n) is 11.3. The van der Waals surface area contributed by atoms with E-state index >= 15 is 0 Å². The van der Waals surface area contributed by atoms with Gasteiger partial charge in [-0.2, -0.15) is 0 Å². The smallest absolute Gasteiger partial charge is 0.361 e. The van der Waals surface area contributed by atoms with Crippen LogP contribution < -0.4 is 9.47 Å². The molecule has 2 N–H and O–H groups in total. The van der Waals surface area contributed by atoms with Crippen molar-refractivity contribution in [1.82, 2.24) is 15.0 Å². The van der Waals surface area contributed by atoms with Crippen molar-refractivity contribution >= 4 is 23.3 Å². The summed E-state index contributed by atoms with van der Waals surface area (Å²) in [4.78, 5) is 43.5. The van der Waals surface area contributed by atoms with E-state index in [1.165, 1.54) is 23.9 Å². The summed E-state index contributed by atoms with van der Waals surface area (Å²) >= 11 is 0. The van der Waals surface area contributed by atoms with Gasteiger partial charge in [-0.05, 0) is 79.0 Å². The van der Waals surface area contributed by atoms with Crippen molar-refractivity contribution in [2.75, 3.05) is 40.6 Å². The molecule has 0 radical (unpaired) electrons. The first-order valence-electron chi connectivity index (χ1n) is 19.9. The van der Waals surface area contributed by atoms with Crippen LogP contribution in [-0.2, 0) is 25.7 Å². The molecule has 0 bridgehead atoms. The lowest BCUT2D eigenvalue weighted by molar-refractivity contribution is -0.384. The van der Waals surface area contributed by atoms with Gasteiger partial charge in [0.15, 0.2) is 5.69 Å². The number of carbonyl (C=O) groups excluding carboxylic acids is 2. The van der Waals surface area contributed by atoms with Crippen LogP contribution >= 0.6 is 0 Å². The molecule has 3 aromatic rings. The van der Waals surface area contributed by atoms with Crippen molar-refractivity contribution < 1.29 is 53.2 Å². The van der Waals surface area contributed by atoms with E-state index in [1.54, 1.807) is 30.4 Å². The van der Waals surface area contributed by atoms with Gasteiger partial charge < -0.3 is 38.7 Å². The van der Waals surface area contributed by atoms with Crippen molar-refractivity contribution in [3.8, 4) is 11.5 Å². The quantitative estimate of drug-likeness (QED) is 0.0412. The molecule has 6 rings (SSSR count). The van der Waals surface area contributed by atoms with Crippen LogP contribution in [0.15, 0.2) is 84.6 Å². The number of hydrogen-bond acceptors (Lipinski definition) is 15. The van der Waals surface area contributed by atoms with Crippen LogP contribution in [0.5, 0.6) is 11.5 Å². The molecule has 17 nitrogen and oxygen atoms in total. The Morgan fingerprint density at radius 3 is 2.40 bits per heavy atom. The number of hydrogen-bond donors (Lipinski definition) is 2. The Morgan fingerprint density at radius 2 is 1.73 bits per heavy atom. The van der Waals surface area contributed by atoms with Crippen LogP contribution in [0.3, 0.4) is 0 Å². The number of nitro benzene ring substituents is 1. The molecule has 1 aliphatic heterocycles. The lowest BCUT2D eigenvalue weighted by Crippen LogP contribution is -2.63. The molecule has 2 aliphatic carbocycles. The van der Waals surface area contributed by atoms with E-state index in [9.17, 15) is 29.9 Å². The number of oxime groups is 1. The van der Waals surface area contributed by atoms with Crippen LogP contribution in [0.1, 0.15) is 89.0 Å². The second-order valence-corrected chi connectivity index (χ2v) is 14.8. The van der Waals surface area contributed by atoms with Crippen molar-refractivity contribution in [2.45, 2.75) is 69.3 Å². The highest BCUT2D eigenvalue weighted by Crippen LogP contribution is 2.63. The molecule has 1 saturated carbocycles. The summed E-state index contributed by atoms with van der Waals surface area (Å²) in [7, 11) is 2.34. The van der Waals surface area contributed by atoms with Crippen LogP contribution in [-0.4, -0.2) is 94.2 Å². The van der Waals surface area contributed by atoms with E-state index in [2.05, 4.69) is 29.5 Å². The van der Waals surface area contributed by atoms with Crippen LogP contribution in [0.4, 0.5) is 5.69 Å². The number of allylic oxidation sites excluding steroid dienone is 1. The van der Waals surface area contributed by atoms with Gasteiger partial charge in [-0.15, -0.1) is 11.7 Å². The van der Waals surface area contributed by atoms with Gasteiger partial charge in [0.2, 0.25) is 11.5 Å². The zero-order valence-corrected chi connectivity index (χ0v) is 33.8. The number of nitro groups is 1. The maximum Gasteiger partial charge on any atom is 0.361 e. The van der Waals surface area contributed by atoms with Gasteiger partial charge in [0.25, 0.3) is 5.69 Å². The van der Waals surface area contributed by atoms with E-state index in [-0.39, 0.29) is 74.3 Å². The normalized spacial score (nSPS) is 23.3. The largest absolute Gasteiger partial charge is 0.490 e. The van der Waals surface area contributed by atoms with Crippen molar-refractivity contribution in [1.29, 1.82) is 0 Å². The predicted octanol–water partition coefficient (Wildman–Crippen LogP) is 6.03. The predicted molar refractivity (Wildman–Crippen MR) is 216 cm³/mol. The Kier molecular flexibility index (Phi) is 14.5. The first-order chi connectivity index (χ1) is 29.2. The number of carbonyl (C=O) groups is 2. The molecule has 0 saturated heterocycles. The summed E-state index contributed by atoms with van der Waals surface area (Å²) in [5.74, 6) is -3.47. The van der Waals surface area contributed by atoms with Crippen molar-refractivity contribution in [2.24, 2.45) is 22.9 Å². The van der Waals surface area contributed by atoms with Gasteiger partial charge in [-0.3, -0.25) is 10.1 Å². The second-order valence-electron chi connectivity index (χ2n) is 14.8. The van der Waals surface area contributed by atoms with Gasteiger partial charge in [0.05, 0.1) is 37.4 Å². The third kappa shape index (κ3) is 8.83. The fourth-order valence-electron chi connectivity index (χ4n) is 8.75. The summed E-state index contributed by atoms with van der Waals surface area (Å²) in [5, 5.41) is 44.2. The Labute approximate surface area is 347 Å². The molecule has 1 aromatic heterocycles. The number of fused-ring (bicyclic) bond motifs is 2. The van der Waals surface area contributed by atoms with Crippen LogP contribution in [0.2, 0.25) is 0 Å². The molecule has 2 aromatic carbocycles. The minimum absolute atomic E-state index is 0.00513. The summed E-state index contributed by atoms with van der Waals surface area (Å²) in [6.07, 6.45) is 9.53. The average Bonchev–Trinajstić information content (AvgIpc) is 3.71. The Hall–Kier alpha value is -5.91. The molecule has 60 heavy (non-hydrogen) atoms. The number of rotatable bonds is 21. The van der Waals surface area contributed by atoms with Crippen molar-refractivity contribution in [3.05, 3.63) is 112 Å². The summed E-state index contributed by atoms with van der Waals surface area (Å²) in [6, 6.07) is 10.5. The number of methoxy groups -OCH3 is 2. The number of benzene rings is 2. The molecule has 0 amide bonds. The molecule has 6 atom stereocenters. The fraction of sp³-hybridized carbons (Fsp3) is 0.465. The van der Waals surface area contributed by atoms with Gasteiger partial charge in [0.1, 0.15) is 30.8 Å². The topological polar surface area (TPSA) is 216 Å². The molecule has 0 spiro atoms. The SMILES string of the molecule is C=CCOc1ccc2c(c1)C1C(CCCCO)C(CCCCO)C=C3C(=NOCc4ccc([N+](=O)[O-])cc4)CC(n4nnc(C(=O)OC)c4C(=O)OC)C(OCC=C)(O2)C31. The fourth-order valence-corrected chi connectivity index (χ4v) is 8.75. The first-order valence-corrected chi connectivity index (χ1v) is 19.9. The van der Waals surface area contributed by atoms with E-state index in [4.69, 9.17) is 33.7 Å². The maximum absolute atomic E-state index is 13.6. The number of aliphatic hydroxyl groups is 2. The van der Waals surface area contributed by atoms with Gasteiger partial charge in [-0.1, -0.05) is 48.0 Å². The number of unbranched alkanes of at least 4 members (excludes halogenated alkanes) is 2. The Bertz CT molecular complexity index is 2100. The number of aromatic nitrogens is 3. The van der Waals surface area contributed by atoms with E-state index in [1.807, 2.05) is 12.1 Å². The molecular weight excluding hydrogens is 778 g/mol. The highest BCUT2D eigenvalue weighted by molar-refractivity contribution is 6.03. The summed E-state index contributed by atoms with van der Waals surface area (Å²) < 4.78 is 31.5.